The summed E-state index contributed by atoms with van der Waals surface area (Å²) in [5.41, 5.74) is 1.52. The van der Waals surface area contributed by atoms with Gasteiger partial charge in [-0.05, 0) is 36.2 Å². The molecule has 0 aliphatic carbocycles. The third kappa shape index (κ3) is 2.64. The molecule has 1 aromatic heterocycles. The van der Waals surface area contributed by atoms with E-state index in [1.807, 2.05) is 24.3 Å². The summed E-state index contributed by atoms with van der Waals surface area (Å²) in [5, 5.41) is 9.97. The third-order valence-electron chi connectivity index (χ3n) is 3.85. The first kappa shape index (κ1) is 13.7. The van der Waals surface area contributed by atoms with Gasteiger partial charge in [-0.25, -0.2) is 0 Å². The number of aromatic nitrogens is 1. The average molecular weight is 286 g/mol. The first-order valence-corrected chi connectivity index (χ1v) is 6.95. The largest absolute Gasteiger partial charge is 0.497 e. The van der Waals surface area contributed by atoms with E-state index < -0.39 is 6.10 Å². The number of aliphatic hydroxyl groups is 1. The summed E-state index contributed by atoms with van der Waals surface area (Å²) in [4.78, 5) is 17.2. The van der Waals surface area contributed by atoms with Crippen LogP contribution < -0.4 is 4.74 Å². The van der Waals surface area contributed by atoms with Crippen LogP contribution in [0.15, 0.2) is 42.6 Å². The molecule has 0 unspecified atom stereocenters. The zero-order valence-electron chi connectivity index (χ0n) is 11.8. The first-order valence-electron chi connectivity index (χ1n) is 6.95. The van der Waals surface area contributed by atoms with Crippen LogP contribution in [0.3, 0.4) is 0 Å². The number of amides is 1. The normalized spacial score (nSPS) is 21.5. The predicted molar refractivity (Wildman–Crippen MR) is 78.2 cm³/mol. The third-order valence-corrected chi connectivity index (χ3v) is 3.85. The molecule has 0 spiro atoms. The maximum absolute atomic E-state index is 12.5. The summed E-state index contributed by atoms with van der Waals surface area (Å²) in [5.74, 6) is 0.658. The maximum Gasteiger partial charge on any atom is 0.270 e. The first-order chi connectivity index (χ1) is 10.2. The van der Waals surface area contributed by atoms with Crippen molar-refractivity contribution in [3.63, 3.8) is 0 Å². The highest BCUT2D eigenvalue weighted by atomic mass is 16.5. The Bertz CT molecular complexity index is 624. The molecule has 5 heteroatoms. The number of nitrogens with zero attached hydrogens (tertiary/aromatic N) is 1. The monoisotopic (exact) mass is 286 g/mol. The van der Waals surface area contributed by atoms with Crippen LogP contribution >= 0.6 is 0 Å². The number of carbonyl (C=O) groups excluding carboxylic acids is 1. The molecule has 1 aliphatic rings. The second-order valence-electron chi connectivity index (χ2n) is 5.22. The number of hydrogen-bond acceptors (Lipinski definition) is 3. The molecule has 1 aliphatic heterocycles. The molecule has 2 N–H and O–H groups in total. The number of aromatic amines is 1. The summed E-state index contributed by atoms with van der Waals surface area (Å²) < 4.78 is 5.24. The summed E-state index contributed by atoms with van der Waals surface area (Å²) in [6.07, 6.45) is 1.76. The lowest BCUT2D eigenvalue weighted by Gasteiger charge is -2.24. The minimum Gasteiger partial charge on any atom is -0.497 e. The number of ether oxygens (including phenoxy) is 1. The minimum atomic E-state index is -0.500. The molecule has 110 valence electrons. The summed E-state index contributed by atoms with van der Waals surface area (Å²) in [7, 11) is 1.62. The van der Waals surface area contributed by atoms with Crippen molar-refractivity contribution >= 4 is 5.91 Å². The van der Waals surface area contributed by atoms with Gasteiger partial charge in [-0.3, -0.25) is 4.79 Å². The van der Waals surface area contributed by atoms with Crippen LogP contribution in [0.4, 0.5) is 0 Å². The molecule has 3 rings (SSSR count). The van der Waals surface area contributed by atoms with Gasteiger partial charge in [-0.1, -0.05) is 12.1 Å². The van der Waals surface area contributed by atoms with E-state index in [0.717, 1.165) is 11.3 Å². The molecular weight excluding hydrogens is 268 g/mol. The SMILES string of the molecule is COc1cccc([C@H]2C[C@@H](O)CN2C(=O)c2ccc[nH]2)c1. The molecule has 1 saturated heterocycles. The van der Waals surface area contributed by atoms with Gasteiger partial charge >= 0.3 is 0 Å². The fraction of sp³-hybridized carbons (Fsp3) is 0.312. The molecule has 1 amide bonds. The minimum absolute atomic E-state index is 0.0932. The Balaban J connectivity index is 1.90. The second kappa shape index (κ2) is 5.61. The van der Waals surface area contributed by atoms with E-state index in [9.17, 15) is 9.90 Å². The van der Waals surface area contributed by atoms with E-state index in [-0.39, 0.29) is 11.9 Å². The highest BCUT2D eigenvalue weighted by Gasteiger charge is 2.36. The average Bonchev–Trinajstić information content (AvgIpc) is 3.16. The van der Waals surface area contributed by atoms with Gasteiger partial charge in [-0.15, -0.1) is 0 Å². The Morgan fingerprint density at radius 2 is 2.24 bits per heavy atom. The van der Waals surface area contributed by atoms with Gasteiger partial charge in [0.05, 0.1) is 19.3 Å². The van der Waals surface area contributed by atoms with Crippen LogP contribution in [0.1, 0.15) is 28.5 Å². The topological polar surface area (TPSA) is 65.6 Å². The fourth-order valence-corrected chi connectivity index (χ4v) is 2.82. The summed E-state index contributed by atoms with van der Waals surface area (Å²) in [6.45, 7) is 0.347. The van der Waals surface area contributed by atoms with Crippen LogP contribution in [0, 0.1) is 0 Å². The molecule has 2 aromatic rings. The Kier molecular flexibility index (Phi) is 3.66. The smallest absolute Gasteiger partial charge is 0.270 e. The highest BCUT2D eigenvalue weighted by molar-refractivity contribution is 5.93. The van der Waals surface area contributed by atoms with Crippen molar-refractivity contribution in [3.8, 4) is 5.75 Å². The van der Waals surface area contributed by atoms with Crippen molar-refractivity contribution in [2.75, 3.05) is 13.7 Å². The van der Waals surface area contributed by atoms with Crippen LogP contribution in [0.2, 0.25) is 0 Å². The standard InChI is InChI=1S/C16H18N2O3/c1-21-13-5-2-4-11(8-13)15-9-12(19)10-18(15)16(20)14-6-3-7-17-14/h2-8,12,15,17,19H,9-10H2,1H3/t12-,15-/m1/s1. The Morgan fingerprint density at radius 3 is 2.95 bits per heavy atom. The Morgan fingerprint density at radius 1 is 1.38 bits per heavy atom. The lowest BCUT2D eigenvalue weighted by molar-refractivity contribution is 0.0710. The van der Waals surface area contributed by atoms with Crippen molar-refractivity contribution in [2.24, 2.45) is 0 Å². The van der Waals surface area contributed by atoms with Crippen molar-refractivity contribution in [2.45, 2.75) is 18.6 Å². The second-order valence-corrected chi connectivity index (χ2v) is 5.22. The highest BCUT2D eigenvalue weighted by Crippen LogP contribution is 2.34. The van der Waals surface area contributed by atoms with Gasteiger partial charge in [-0.2, -0.15) is 0 Å². The number of H-pyrrole nitrogens is 1. The number of β-amino-alcohol motifs (C(OH)–C–C–N with tert-alkyl or cyclic N) is 1. The molecular formula is C16H18N2O3. The van der Waals surface area contributed by atoms with Gasteiger partial charge in [0, 0.05) is 12.7 Å². The Hall–Kier alpha value is -2.27. The van der Waals surface area contributed by atoms with E-state index in [2.05, 4.69) is 4.98 Å². The number of benzene rings is 1. The summed E-state index contributed by atoms with van der Waals surface area (Å²) in [6, 6.07) is 11.0. The lowest BCUT2D eigenvalue weighted by Crippen LogP contribution is -2.32. The van der Waals surface area contributed by atoms with Gasteiger partial charge in [0.2, 0.25) is 0 Å². The summed E-state index contributed by atoms with van der Waals surface area (Å²) >= 11 is 0. The van der Waals surface area contributed by atoms with Crippen LogP contribution in [-0.2, 0) is 0 Å². The molecule has 2 heterocycles. The van der Waals surface area contributed by atoms with E-state index in [1.54, 1.807) is 30.3 Å². The van der Waals surface area contributed by atoms with Crippen LogP contribution in [-0.4, -0.2) is 40.7 Å². The lowest BCUT2D eigenvalue weighted by atomic mass is 10.0. The number of hydrogen-bond donors (Lipinski definition) is 2. The van der Waals surface area contributed by atoms with Gasteiger partial charge in [0.15, 0.2) is 0 Å². The van der Waals surface area contributed by atoms with E-state index in [0.29, 0.717) is 18.7 Å². The molecule has 2 atom stereocenters. The molecule has 5 nitrogen and oxygen atoms in total. The zero-order chi connectivity index (χ0) is 14.8. The van der Waals surface area contributed by atoms with Gasteiger partial charge in [0.25, 0.3) is 5.91 Å². The maximum atomic E-state index is 12.5. The van der Waals surface area contributed by atoms with Gasteiger partial charge < -0.3 is 19.7 Å². The molecule has 0 bridgehead atoms. The zero-order valence-corrected chi connectivity index (χ0v) is 11.8. The van der Waals surface area contributed by atoms with E-state index >= 15 is 0 Å². The number of methoxy groups -OCH3 is 1. The van der Waals surface area contributed by atoms with Crippen molar-refractivity contribution < 1.29 is 14.6 Å². The predicted octanol–water partition coefficient (Wildman–Crippen LogP) is 1.97. The van der Waals surface area contributed by atoms with Crippen molar-refractivity contribution in [3.05, 3.63) is 53.9 Å². The van der Waals surface area contributed by atoms with Crippen LogP contribution in [0.25, 0.3) is 0 Å². The molecule has 1 fully saturated rings. The van der Waals surface area contributed by atoms with Gasteiger partial charge in [0.1, 0.15) is 11.4 Å². The van der Waals surface area contributed by atoms with E-state index in [1.165, 1.54) is 0 Å². The van der Waals surface area contributed by atoms with Crippen molar-refractivity contribution in [1.82, 2.24) is 9.88 Å². The molecule has 0 saturated carbocycles. The fourth-order valence-electron chi connectivity index (χ4n) is 2.82. The number of carbonyl (C=O) groups is 1. The molecule has 1 aromatic carbocycles. The number of aliphatic hydroxyl groups excluding tert-OH is 1. The number of likely N-dealkylation sites (tertiary alicyclic amines) is 1. The molecule has 21 heavy (non-hydrogen) atoms. The van der Waals surface area contributed by atoms with Crippen molar-refractivity contribution in [1.29, 1.82) is 0 Å². The Labute approximate surface area is 123 Å². The molecule has 0 radical (unpaired) electrons. The van der Waals surface area contributed by atoms with Crippen LogP contribution in [0.5, 0.6) is 5.75 Å². The van der Waals surface area contributed by atoms with E-state index in [4.69, 9.17) is 4.74 Å². The number of nitrogens with one attached hydrogen (secondary N) is 1. The quantitative estimate of drug-likeness (QED) is 0.906. The number of rotatable bonds is 3.